The number of carbonyl (C=O) groups is 1. The molecule has 3 rings (SSSR count). The highest BCUT2D eigenvalue weighted by Crippen LogP contribution is 2.32. The van der Waals surface area contributed by atoms with Crippen LogP contribution >= 0.6 is 11.3 Å². The van der Waals surface area contributed by atoms with E-state index in [4.69, 9.17) is 9.47 Å². The van der Waals surface area contributed by atoms with Crippen LogP contribution in [-0.4, -0.2) is 31.6 Å². The molecule has 25 heavy (non-hydrogen) atoms. The lowest BCUT2D eigenvalue weighted by atomic mass is 9.95. The molecule has 0 bridgehead atoms. The van der Waals surface area contributed by atoms with Gasteiger partial charge in [-0.3, -0.25) is 4.79 Å². The molecule has 1 aliphatic carbocycles. The number of amides is 1. The maximum Gasteiger partial charge on any atom is 0.255 e. The molecular weight excluding hydrogens is 334 g/mol. The summed E-state index contributed by atoms with van der Waals surface area (Å²) in [6, 6.07) is 5.83. The fourth-order valence-corrected chi connectivity index (χ4v) is 4.43. The Bertz CT molecular complexity index is 753. The number of fused-ring (bicyclic) bond motifs is 1. The van der Waals surface area contributed by atoms with Gasteiger partial charge in [0.15, 0.2) is 11.5 Å². The summed E-state index contributed by atoms with van der Waals surface area (Å²) < 4.78 is 11.0. The van der Waals surface area contributed by atoms with Gasteiger partial charge in [-0.05, 0) is 55.9 Å². The lowest BCUT2D eigenvalue weighted by Gasteiger charge is -2.20. The van der Waals surface area contributed by atoms with Crippen molar-refractivity contribution in [2.75, 3.05) is 20.8 Å². The van der Waals surface area contributed by atoms with E-state index in [9.17, 15) is 4.79 Å². The number of methoxy groups -OCH3 is 1. The summed E-state index contributed by atoms with van der Waals surface area (Å²) in [6.45, 7) is 3.09. The Morgan fingerprint density at radius 2 is 2.04 bits per heavy atom. The van der Waals surface area contributed by atoms with E-state index in [1.807, 2.05) is 37.6 Å². The second-order valence-electron chi connectivity index (χ2n) is 6.34. The van der Waals surface area contributed by atoms with Gasteiger partial charge in [0.05, 0.1) is 19.3 Å². The predicted molar refractivity (Wildman–Crippen MR) is 101 cm³/mol. The minimum absolute atomic E-state index is 0.104. The van der Waals surface area contributed by atoms with Crippen molar-refractivity contribution in [1.29, 1.82) is 0 Å². The van der Waals surface area contributed by atoms with Gasteiger partial charge >= 0.3 is 0 Å². The number of hydrogen-bond acceptors (Lipinski definition) is 4. The average molecular weight is 359 g/mol. The van der Waals surface area contributed by atoms with E-state index < -0.39 is 0 Å². The summed E-state index contributed by atoms with van der Waals surface area (Å²) in [7, 11) is 3.49. The standard InChI is InChI=1S/C20H25NO3S/c1-4-24-17-10-9-14(11-18(17)23-3)12-21(2)20(22)16-13-25-19-8-6-5-7-15(16)19/h9-11,13H,4-8,12H2,1-3H3. The highest BCUT2D eigenvalue weighted by atomic mass is 32.1. The topological polar surface area (TPSA) is 38.8 Å². The van der Waals surface area contributed by atoms with Crippen LogP contribution in [0.4, 0.5) is 0 Å². The van der Waals surface area contributed by atoms with Gasteiger partial charge in [-0.15, -0.1) is 11.3 Å². The Morgan fingerprint density at radius 1 is 1.24 bits per heavy atom. The van der Waals surface area contributed by atoms with Crippen molar-refractivity contribution in [3.8, 4) is 11.5 Å². The molecule has 1 amide bonds. The van der Waals surface area contributed by atoms with Crippen molar-refractivity contribution in [2.24, 2.45) is 0 Å². The van der Waals surface area contributed by atoms with Crippen LogP contribution in [0.3, 0.4) is 0 Å². The predicted octanol–water partition coefficient (Wildman–Crippen LogP) is 4.31. The molecule has 0 N–H and O–H groups in total. The van der Waals surface area contributed by atoms with E-state index >= 15 is 0 Å². The molecule has 0 saturated carbocycles. The molecule has 134 valence electrons. The molecule has 5 heteroatoms. The van der Waals surface area contributed by atoms with Crippen molar-refractivity contribution in [1.82, 2.24) is 4.90 Å². The number of thiophene rings is 1. The Hall–Kier alpha value is -2.01. The van der Waals surface area contributed by atoms with E-state index in [0.717, 1.165) is 29.7 Å². The fraction of sp³-hybridized carbons (Fsp3) is 0.450. The maximum atomic E-state index is 12.9. The largest absolute Gasteiger partial charge is 0.493 e. The number of rotatable bonds is 6. The summed E-state index contributed by atoms with van der Waals surface area (Å²) in [5, 5.41) is 2.04. The van der Waals surface area contributed by atoms with Crippen LogP contribution < -0.4 is 9.47 Å². The van der Waals surface area contributed by atoms with E-state index in [0.29, 0.717) is 18.9 Å². The van der Waals surface area contributed by atoms with Crippen LogP contribution in [-0.2, 0) is 19.4 Å². The maximum absolute atomic E-state index is 12.9. The quantitative estimate of drug-likeness (QED) is 0.772. The van der Waals surface area contributed by atoms with Gasteiger partial charge in [-0.1, -0.05) is 6.07 Å². The highest BCUT2D eigenvalue weighted by molar-refractivity contribution is 7.10. The molecule has 0 spiro atoms. The first-order chi connectivity index (χ1) is 12.1. The smallest absolute Gasteiger partial charge is 0.255 e. The van der Waals surface area contributed by atoms with Crippen LogP contribution in [0.15, 0.2) is 23.6 Å². The molecule has 1 aromatic carbocycles. The molecule has 4 nitrogen and oxygen atoms in total. The van der Waals surface area contributed by atoms with Crippen LogP contribution in [0.2, 0.25) is 0 Å². The highest BCUT2D eigenvalue weighted by Gasteiger charge is 2.22. The minimum atomic E-state index is 0.104. The van der Waals surface area contributed by atoms with Crippen molar-refractivity contribution in [3.63, 3.8) is 0 Å². The molecule has 0 saturated heterocycles. The zero-order chi connectivity index (χ0) is 17.8. The second-order valence-corrected chi connectivity index (χ2v) is 7.30. The number of hydrogen-bond donors (Lipinski definition) is 0. The van der Waals surface area contributed by atoms with Crippen LogP contribution in [0.25, 0.3) is 0 Å². The van der Waals surface area contributed by atoms with Crippen molar-refractivity contribution < 1.29 is 14.3 Å². The van der Waals surface area contributed by atoms with Gasteiger partial charge in [0, 0.05) is 23.8 Å². The molecular formula is C20H25NO3S. The SMILES string of the molecule is CCOc1ccc(CN(C)C(=O)c2csc3c2CCCC3)cc1OC. The molecule has 1 aliphatic rings. The monoisotopic (exact) mass is 359 g/mol. The number of benzene rings is 1. The number of aryl methyl sites for hydroxylation is 1. The third-order valence-electron chi connectivity index (χ3n) is 4.59. The summed E-state index contributed by atoms with van der Waals surface area (Å²) in [4.78, 5) is 16.1. The van der Waals surface area contributed by atoms with Gasteiger partial charge in [0.2, 0.25) is 0 Å². The van der Waals surface area contributed by atoms with Gasteiger partial charge in [-0.2, -0.15) is 0 Å². The third-order valence-corrected chi connectivity index (χ3v) is 5.67. The van der Waals surface area contributed by atoms with Gasteiger partial charge < -0.3 is 14.4 Å². The van der Waals surface area contributed by atoms with Crippen LogP contribution in [0.5, 0.6) is 11.5 Å². The normalized spacial score (nSPS) is 13.2. The van der Waals surface area contributed by atoms with Crippen molar-refractivity contribution in [2.45, 2.75) is 39.2 Å². The molecule has 1 heterocycles. The van der Waals surface area contributed by atoms with Crippen LogP contribution in [0, 0.1) is 0 Å². The number of nitrogens with zero attached hydrogens (tertiary/aromatic N) is 1. The number of carbonyl (C=O) groups excluding carboxylic acids is 1. The van der Waals surface area contributed by atoms with E-state index in [1.54, 1.807) is 23.3 Å². The Balaban J connectivity index is 1.74. The van der Waals surface area contributed by atoms with Gasteiger partial charge in [0.25, 0.3) is 5.91 Å². The summed E-state index contributed by atoms with van der Waals surface area (Å²) in [6.07, 6.45) is 4.57. The van der Waals surface area contributed by atoms with E-state index in [1.165, 1.54) is 23.3 Å². The fourth-order valence-electron chi connectivity index (χ4n) is 3.31. The van der Waals surface area contributed by atoms with E-state index in [2.05, 4.69) is 0 Å². The second kappa shape index (κ2) is 7.91. The molecule has 1 aromatic heterocycles. The first-order valence-corrected chi connectivity index (χ1v) is 9.66. The van der Waals surface area contributed by atoms with Gasteiger partial charge in [-0.25, -0.2) is 0 Å². The van der Waals surface area contributed by atoms with E-state index in [-0.39, 0.29) is 5.91 Å². The van der Waals surface area contributed by atoms with Crippen molar-refractivity contribution >= 4 is 17.2 Å². The van der Waals surface area contributed by atoms with Crippen LogP contribution in [0.1, 0.15) is 46.1 Å². The first kappa shape index (κ1) is 17.8. The number of ether oxygens (including phenoxy) is 2. The third kappa shape index (κ3) is 3.82. The lowest BCUT2D eigenvalue weighted by Crippen LogP contribution is -2.27. The minimum Gasteiger partial charge on any atom is -0.493 e. The zero-order valence-corrected chi connectivity index (χ0v) is 15.9. The Labute approximate surface area is 153 Å². The Kier molecular flexibility index (Phi) is 5.63. The molecule has 0 atom stereocenters. The Morgan fingerprint density at radius 3 is 2.80 bits per heavy atom. The first-order valence-electron chi connectivity index (χ1n) is 8.78. The molecule has 0 unspecified atom stereocenters. The summed E-state index contributed by atoms with van der Waals surface area (Å²) >= 11 is 1.73. The lowest BCUT2D eigenvalue weighted by molar-refractivity contribution is 0.0784. The molecule has 0 radical (unpaired) electrons. The van der Waals surface area contributed by atoms with Crippen molar-refractivity contribution in [3.05, 3.63) is 45.1 Å². The molecule has 0 fully saturated rings. The summed E-state index contributed by atoms with van der Waals surface area (Å²) in [5.74, 6) is 1.54. The zero-order valence-electron chi connectivity index (χ0n) is 15.1. The molecule has 0 aliphatic heterocycles. The van der Waals surface area contributed by atoms with Gasteiger partial charge in [0.1, 0.15) is 0 Å². The average Bonchev–Trinajstić information content (AvgIpc) is 3.06. The summed E-state index contributed by atoms with van der Waals surface area (Å²) in [5.41, 5.74) is 3.19. The molecule has 2 aromatic rings.